The molecule has 0 spiro atoms. The van der Waals surface area contributed by atoms with E-state index in [1.807, 2.05) is 12.1 Å². The Balaban J connectivity index is 1.76. The molecular formula is C18H16F2N4O. The monoisotopic (exact) mass is 342 g/mol. The first kappa shape index (κ1) is 15.8. The molecule has 4 rings (SSSR count). The van der Waals surface area contributed by atoms with Crippen LogP contribution in [0.2, 0.25) is 0 Å². The first-order chi connectivity index (χ1) is 12.2. The summed E-state index contributed by atoms with van der Waals surface area (Å²) in [4.78, 5) is 8.62. The van der Waals surface area contributed by atoms with Gasteiger partial charge in [-0.1, -0.05) is 0 Å². The molecule has 0 N–H and O–H groups in total. The molecule has 3 aromatic rings. The fourth-order valence-electron chi connectivity index (χ4n) is 2.93. The predicted octanol–water partition coefficient (Wildman–Crippen LogP) is 3.19. The van der Waals surface area contributed by atoms with Crippen LogP contribution in [0.15, 0.2) is 42.7 Å². The molecule has 0 amide bonds. The highest BCUT2D eigenvalue weighted by Gasteiger charge is 2.21. The van der Waals surface area contributed by atoms with Crippen LogP contribution in [-0.2, 0) is 11.2 Å². The fourth-order valence-corrected chi connectivity index (χ4v) is 2.93. The second-order valence-corrected chi connectivity index (χ2v) is 6.03. The smallest absolute Gasteiger partial charge is 0.181 e. The molecule has 3 heterocycles. The van der Waals surface area contributed by atoms with Crippen LogP contribution in [0.1, 0.15) is 12.2 Å². The molecule has 1 aromatic carbocycles. The van der Waals surface area contributed by atoms with Crippen LogP contribution in [0, 0.1) is 17.6 Å². The van der Waals surface area contributed by atoms with Gasteiger partial charge in [0.15, 0.2) is 17.5 Å². The summed E-state index contributed by atoms with van der Waals surface area (Å²) in [5.74, 6) is -0.217. The van der Waals surface area contributed by atoms with E-state index < -0.39 is 11.6 Å². The van der Waals surface area contributed by atoms with Crippen LogP contribution in [0.4, 0.5) is 8.78 Å². The summed E-state index contributed by atoms with van der Waals surface area (Å²) >= 11 is 0. The number of hydrogen-bond donors (Lipinski definition) is 0. The van der Waals surface area contributed by atoms with Gasteiger partial charge in [-0.3, -0.25) is 4.98 Å². The number of rotatable bonds is 4. The molecule has 1 saturated heterocycles. The molecule has 1 atom stereocenters. The lowest BCUT2D eigenvalue weighted by Crippen LogP contribution is -2.10. The summed E-state index contributed by atoms with van der Waals surface area (Å²) in [7, 11) is 0. The quantitative estimate of drug-likeness (QED) is 0.731. The number of pyridine rings is 1. The van der Waals surface area contributed by atoms with Crippen molar-refractivity contribution in [1.29, 1.82) is 0 Å². The van der Waals surface area contributed by atoms with E-state index in [1.54, 1.807) is 17.1 Å². The average molecular weight is 342 g/mol. The van der Waals surface area contributed by atoms with Gasteiger partial charge in [-0.25, -0.2) is 18.4 Å². The lowest BCUT2D eigenvalue weighted by molar-refractivity contribution is 0.185. The van der Waals surface area contributed by atoms with Crippen molar-refractivity contribution in [3.63, 3.8) is 0 Å². The molecule has 0 bridgehead atoms. The third-order valence-electron chi connectivity index (χ3n) is 4.26. The van der Waals surface area contributed by atoms with Crippen LogP contribution >= 0.6 is 0 Å². The Labute approximate surface area is 143 Å². The molecule has 0 saturated carbocycles. The molecule has 0 aliphatic carbocycles. The van der Waals surface area contributed by atoms with Crippen molar-refractivity contribution in [2.45, 2.75) is 12.8 Å². The number of hydrogen-bond acceptors (Lipinski definition) is 4. The van der Waals surface area contributed by atoms with E-state index in [2.05, 4.69) is 15.1 Å². The average Bonchev–Trinajstić information content (AvgIpc) is 3.29. The van der Waals surface area contributed by atoms with Gasteiger partial charge in [-0.05, 0) is 36.6 Å². The third kappa shape index (κ3) is 3.28. The van der Waals surface area contributed by atoms with Gasteiger partial charge in [0.25, 0.3) is 0 Å². The van der Waals surface area contributed by atoms with Gasteiger partial charge in [0, 0.05) is 43.7 Å². The Bertz CT molecular complexity index is 876. The molecule has 25 heavy (non-hydrogen) atoms. The minimum atomic E-state index is -0.909. The van der Waals surface area contributed by atoms with Crippen molar-refractivity contribution in [3.8, 4) is 17.1 Å². The van der Waals surface area contributed by atoms with E-state index in [9.17, 15) is 8.78 Å². The van der Waals surface area contributed by atoms with Crippen molar-refractivity contribution < 1.29 is 13.5 Å². The SMILES string of the molecule is Fc1ccc(-n2nc(-c3ccncc3)nc2C[C@H]2CCOC2)cc1F. The van der Waals surface area contributed by atoms with Crippen LogP contribution in [0.25, 0.3) is 17.1 Å². The van der Waals surface area contributed by atoms with E-state index in [4.69, 9.17) is 4.74 Å². The Morgan fingerprint density at radius 3 is 2.68 bits per heavy atom. The Hall–Kier alpha value is -2.67. The lowest BCUT2D eigenvalue weighted by atomic mass is 10.0. The van der Waals surface area contributed by atoms with Crippen molar-refractivity contribution in [2.24, 2.45) is 5.92 Å². The minimum absolute atomic E-state index is 0.346. The number of aromatic nitrogens is 4. The molecule has 0 radical (unpaired) electrons. The largest absolute Gasteiger partial charge is 0.381 e. The summed E-state index contributed by atoms with van der Waals surface area (Å²) in [5.41, 5.74) is 1.26. The molecular weight excluding hydrogens is 326 g/mol. The maximum absolute atomic E-state index is 13.7. The molecule has 1 fully saturated rings. The molecule has 1 aliphatic heterocycles. The van der Waals surface area contributed by atoms with Gasteiger partial charge in [-0.2, -0.15) is 0 Å². The Kier molecular flexibility index (Phi) is 4.23. The number of halogens is 2. The van der Waals surface area contributed by atoms with Gasteiger partial charge in [0.2, 0.25) is 0 Å². The Morgan fingerprint density at radius 2 is 1.96 bits per heavy atom. The number of benzene rings is 1. The highest BCUT2D eigenvalue weighted by atomic mass is 19.2. The summed E-state index contributed by atoms with van der Waals surface area (Å²) in [6.45, 7) is 1.41. The summed E-state index contributed by atoms with van der Waals surface area (Å²) in [5, 5.41) is 4.51. The van der Waals surface area contributed by atoms with Crippen molar-refractivity contribution in [3.05, 3.63) is 60.2 Å². The van der Waals surface area contributed by atoms with Crippen LogP contribution in [0.5, 0.6) is 0 Å². The number of ether oxygens (including phenoxy) is 1. The zero-order valence-electron chi connectivity index (χ0n) is 13.4. The second kappa shape index (κ2) is 6.68. The summed E-state index contributed by atoms with van der Waals surface area (Å²) in [6.07, 6.45) is 4.95. The second-order valence-electron chi connectivity index (χ2n) is 6.03. The van der Waals surface area contributed by atoms with Gasteiger partial charge in [0.05, 0.1) is 5.69 Å². The zero-order chi connectivity index (χ0) is 17.2. The van der Waals surface area contributed by atoms with Gasteiger partial charge >= 0.3 is 0 Å². The maximum atomic E-state index is 13.7. The Morgan fingerprint density at radius 1 is 1.12 bits per heavy atom. The minimum Gasteiger partial charge on any atom is -0.381 e. The van der Waals surface area contributed by atoms with Gasteiger partial charge in [-0.15, -0.1) is 5.10 Å². The van der Waals surface area contributed by atoms with Gasteiger partial charge in [0.1, 0.15) is 5.82 Å². The lowest BCUT2D eigenvalue weighted by Gasteiger charge is -2.09. The predicted molar refractivity (Wildman–Crippen MR) is 87.1 cm³/mol. The molecule has 5 nitrogen and oxygen atoms in total. The summed E-state index contributed by atoms with van der Waals surface area (Å²) in [6, 6.07) is 7.36. The van der Waals surface area contributed by atoms with Crippen molar-refractivity contribution in [1.82, 2.24) is 19.7 Å². The van der Waals surface area contributed by atoms with E-state index in [0.717, 1.165) is 30.7 Å². The molecule has 2 aromatic heterocycles. The van der Waals surface area contributed by atoms with Crippen LogP contribution in [0.3, 0.4) is 0 Å². The van der Waals surface area contributed by atoms with Crippen LogP contribution in [-0.4, -0.2) is 33.0 Å². The van der Waals surface area contributed by atoms with Crippen LogP contribution < -0.4 is 0 Å². The van der Waals surface area contributed by atoms with Crippen molar-refractivity contribution >= 4 is 0 Å². The van der Waals surface area contributed by atoms with E-state index >= 15 is 0 Å². The maximum Gasteiger partial charge on any atom is 0.181 e. The molecule has 128 valence electrons. The first-order valence-electron chi connectivity index (χ1n) is 8.10. The molecule has 1 aliphatic rings. The topological polar surface area (TPSA) is 52.8 Å². The first-order valence-corrected chi connectivity index (χ1v) is 8.10. The van der Waals surface area contributed by atoms with Gasteiger partial charge < -0.3 is 4.74 Å². The highest BCUT2D eigenvalue weighted by molar-refractivity contribution is 5.54. The third-order valence-corrected chi connectivity index (χ3v) is 4.26. The molecule has 7 heteroatoms. The van der Waals surface area contributed by atoms with E-state index in [0.29, 0.717) is 36.3 Å². The van der Waals surface area contributed by atoms with Crippen molar-refractivity contribution in [2.75, 3.05) is 13.2 Å². The number of nitrogens with zero attached hydrogens (tertiary/aromatic N) is 4. The fraction of sp³-hybridized carbons (Fsp3) is 0.278. The molecule has 0 unspecified atom stereocenters. The zero-order valence-corrected chi connectivity index (χ0v) is 13.4. The summed E-state index contributed by atoms with van der Waals surface area (Å²) < 4.78 is 33.9. The highest BCUT2D eigenvalue weighted by Crippen LogP contribution is 2.23. The standard InChI is InChI=1S/C18H16F2N4O/c19-15-2-1-14(10-16(15)20)24-17(9-12-5-8-25-11-12)22-18(23-24)13-3-6-21-7-4-13/h1-4,6-7,10,12H,5,8-9,11H2/t12-/m1/s1. The van der Waals surface area contributed by atoms with E-state index in [1.165, 1.54) is 6.07 Å². The van der Waals surface area contributed by atoms with E-state index in [-0.39, 0.29) is 0 Å². The normalized spacial score (nSPS) is 17.1.